The molecule has 1 amide bonds. The molecular weight excluding hydrogens is 312 g/mol. The summed E-state index contributed by atoms with van der Waals surface area (Å²) in [6, 6.07) is 12.2. The summed E-state index contributed by atoms with van der Waals surface area (Å²) in [5.41, 5.74) is 3.83. The third kappa shape index (κ3) is 3.39. The SMILES string of the molecule is O=C(CC1CCc2ccccc21)N1CCC(c2cc[nH]c(=O)c2)CC1. The average molecular weight is 336 g/mol. The van der Waals surface area contributed by atoms with E-state index in [4.69, 9.17) is 0 Å². The molecule has 1 aromatic heterocycles. The van der Waals surface area contributed by atoms with Gasteiger partial charge < -0.3 is 9.88 Å². The van der Waals surface area contributed by atoms with E-state index in [0.29, 0.717) is 18.3 Å². The minimum Gasteiger partial charge on any atom is -0.343 e. The van der Waals surface area contributed by atoms with Crippen molar-refractivity contribution in [2.24, 2.45) is 0 Å². The molecule has 2 aromatic rings. The predicted molar refractivity (Wildman–Crippen MR) is 97.7 cm³/mol. The van der Waals surface area contributed by atoms with E-state index < -0.39 is 0 Å². The van der Waals surface area contributed by atoms with Crippen molar-refractivity contribution in [3.63, 3.8) is 0 Å². The Morgan fingerprint density at radius 1 is 1.12 bits per heavy atom. The van der Waals surface area contributed by atoms with E-state index in [2.05, 4.69) is 29.2 Å². The first-order valence-electron chi connectivity index (χ1n) is 9.25. The van der Waals surface area contributed by atoms with Crippen molar-refractivity contribution >= 4 is 5.91 Å². The molecule has 1 saturated heterocycles. The Morgan fingerprint density at radius 3 is 2.72 bits per heavy atom. The summed E-state index contributed by atoms with van der Waals surface area (Å²) in [6.45, 7) is 1.59. The number of amides is 1. The highest BCUT2D eigenvalue weighted by Crippen LogP contribution is 2.36. The molecular formula is C21H24N2O2. The van der Waals surface area contributed by atoms with E-state index in [9.17, 15) is 9.59 Å². The van der Waals surface area contributed by atoms with Gasteiger partial charge in [0, 0.05) is 31.8 Å². The van der Waals surface area contributed by atoms with Crippen molar-refractivity contribution in [1.29, 1.82) is 0 Å². The summed E-state index contributed by atoms with van der Waals surface area (Å²) < 4.78 is 0. The highest BCUT2D eigenvalue weighted by atomic mass is 16.2. The minimum atomic E-state index is -0.0455. The number of carbonyl (C=O) groups excluding carboxylic acids is 1. The molecule has 0 saturated carbocycles. The second-order valence-corrected chi connectivity index (χ2v) is 7.28. The van der Waals surface area contributed by atoms with Crippen LogP contribution in [0.1, 0.15) is 54.2 Å². The van der Waals surface area contributed by atoms with Crippen molar-refractivity contribution in [2.45, 2.75) is 43.9 Å². The number of aromatic nitrogens is 1. The normalized spacial score (nSPS) is 20.5. The lowest BCUT2D eigenvalue weighted by molar-refractivity contribution is -0.132. The number of nitrogens with zero attached hydrogens (tertiary/aromatic N) is 1. The van der Waals surface area contributed by atoms with E-state index in [1.807, 2.05) is 11.0 Å². The van der Waals surface area contributed by atoms with Crippen LogP contribution in [-0.2, 0) is 11.2 Å². The van der Waals surface area contributed by atoms with E-state index in [1.54, 1.807) is 12.3 Å². The number of H-pyrrole nitrogens is 1. The van der Waals surface area contributed by atoms with Crippen molar-refractivity contribution in [1.82, 2.24) is 9.88 Å². The highest BCUT2D eigenvalue weighted by Gasteiger charge is 2.28. The molecule has 1 N–H and O–H groups in total. The van der Waals surface area contributed by atoms with Crippen molar-refractivity contribution in [3.8, 4) is 0 Å². The lowest BCUT2D eigenvalue weighted by atomic mass is 9.89. The third-order valence-electron chi connectivity index (χ3n) is 5.80. The van der Waals surface area contributed by atoms with Gasteiger partial charge in [-0.2, -0.15) is 0 Å². The van der Waals surface area contributed by atoms with E-state index >= 15 is 0 Å². The van der Waals surface area contributed by atoms with Gasteiger partial charge in [0.1, 0.15) is 0 Å². The molecule has 1 atom stereocenters. The molecule has 0 radical (unpaired) electrons. The van der Waals surface area contributed by atoms with Crippen LogP contribution >= 0.6 is 0 Å². The van der Waals surface area contributed by atoms with Crippen LogP contribution in [0.2, 0.25) is 0 Å². The molecule has 1 aromatic carbocycles. The number of pyridine rings is 1. The largest absolute Gasteiger partial charge is 0.343 e. The number of nitrogens with one attached hydrogen (secondary N) is 1. The molecule has 4 heteroatoms. The molecule has 1 aliphatic carbocycles. The van der Waals surface area contributed by atoms with Crippen molar-refractivity contribution in [3.05, 3.63) is 69.6 Å². The molecule has 4 nitrogen and oxygen atoms in total. The van der Waals surface area contributed by atoms with E-state index in [0.717, 1.165) is 44.3 Å². The zero-order chi connectivity index (χ0) is 17.2. The summed E-state index contributed by atoms with van der Waals surface area (Å²) >= 11 is 0. The lowest BCUT2D eigenvalue weighted by Gasteiger charge is -2.33. The molecule has 25 heavy (non-hydrogen) atoms. The highest BCUT2D eigenvalue weighted by molar-refractivity contribution is 5.77. The number of piperidine rings is 1. The van der Waals surface area contributed by atoms with Gasteiger partial charge in [0.25, 0.3) is 0 Å². The number of likely N-dealkylation sites (tertiary alicyclic amines) is 1. The first kappa shape index (κ1) is 16.1. The number of carbonyl (C=O) groups is 1. The molecule has 1 aliphatic heterocycles. The summed E-state index contributed by atoms with van der Waals surface area (Å²) in [7, 11) is 0. The lowest BCUT2D eigenvalue weighted by Crippen LogP contribution is -2.38. The van der Waals surface area contributed by atoms with Gasteiger partial charge in [0.2, 0.25) is 11.5 Å². The number of aromatic amines is 1. The van der Waals surface area contributed by atoms with Gasteiger partial charge in [-0.25, -0.2) is 0 Å². The number of benzene rings is 1. The standard InChI is InChI=1S/C21H24N2O2/c24-20-13-17(7-10-22-20)15-8-11-23(12-9-15)21(25)14-18-6-5-16-3-1-2-4-19(16)18/h1-4,7,10,13,15,18H,5-6,8-9,11-12,14H2,(H,22,24). The first-order valence-corrected chi connectivity index (χ1v) is 9.25. The molecule has 2 aliphatic rings. The number of hydrogen-bond donors (Lipinski definition) is 1. The van der Waals surface area contributed by atoms with Gasteiger partial charge in [0.15, 0.2) is 0 Å². The Kier molecular flexibility index (Phi) is 4.43. The van der Waals surface area contributed by atoms with Gasteiger partial charge in [0.05, 0.1) is 0 Å². The maximum Gasteiger partial charge on any atom is 0.248 e. The molecule has 4 rings (SSSR count). The van der Waals surface area contributed by atoms with Crippen LogP contribution < -0.4 is 5.56 Å². The fourth-order valence-corrected chi connectivity index (χ4v) is 4.37. The van der Waals surface area contributed by atoms with E-state index in [1.165, 1.54) is 11.1 Å². The van der Waals surface area contributed by atoms with Crippen LogP contribution in [0.3, 0.4) is 0 Å². The molecule has 1 unspecified atom stereocenters. The van der Waals surface area contributed by atoms with Gasteiger partial charge in [-0.05, 0) is 60.3 Å². The number of fused-ring (bicyclic) bond motifs is 1. The Morgan fingerprint density at radius 2 is 1.92 bits per heavy atom. The van der Waals surface area contributed by atoms with Gasteiger partial charge in [-0.1, -0.05) is 24.3 Å². The smallest absolute Gasteiger partial charge is 0.248 e. The Labute approximate surface area is 147 Å². The molecule has 1 fully saturated rings. The Hall–Kier alpha value is -2.36. The fourth-order valence-electron chi connectivity index (χ4n) is 4.37. The molecule has 130 valence electrons. The second kappa shape index (κ2) is 6.87. The quantitative estimate of drug-likeness (QED) is 0.936. The maximum atomic E-state index is 12.7. The fraction of sp³-hybridized carbons (Fsp3) is 0.429. The monoisotopic (exact) mass is 336 g/mol. The minimum absolute atomic E-state index is 0.0455. The second-order valence-electron chi connectivity index (χ2n) is 7.28. The van der Waals surface area contributed by atoms with Crippen LogP contribution in [-0.4, -0.2) is 28.9 Å². The zero-order valence-corrected chi connectivity index (χ0v) is 14.4. The third-order valence-corrected chi connectivity index (χ3v) is 5.80. The Balaban J connectivity index is 1.35. The Bertz CT molecular complexity index is 818. The van der Waals surface area contributed by atoms with Crippen LogP contribution in [0.4, 0.5) is 0 Å². The topological polar surface area (TPSA) is 53.2 Å². The number of hydrogen-bond acceptors (Lipinski definition) is 2. The van der Waals surface area contributed by atoms with Gasteiger partial charge in [-0.15, -0.1) is 0 Å². The summed E-state index contributed by atoms with van der Waals surface area (Å²) in [5.74, 6) is 1.05. The average Bonchev–Trinajstić information content (AvgIpc) is 3.05. The van der Waals surface area contributed by atoms with Crippen molar-refractivity contribution in [2.75, 3.05) is 13.1 Å². The molecule has 0 bridgehead atoms. The van der Waals surface area contributed by atoms with Crippen LogP contribution in [0.15, 0.2) is 47.4 Å². The summed E-state index contributed by atoms with van der Waals surface area (Å²) in [4.78, 5) is 28.9. The number of rotatable bonds is 3. The molecule has 2 heterocycles. The zero-order valence-electron chi connectivity index (χ0n) is 14.4. The van der Waals surface area contributed by atoms with Crippen molar-refractivity contribution < 1.29 is 4.79 Å². The van der Waals surface area contributed by atoms with Gasteiger partial charge in [-0.3, -0.25) is 9.59 Å². The number of aryl methyl sites for hydroxylation is 1. The maximum absolute atomic E-state index is 12.7. The summed E-state index contributed by atoms with van der Waals surface area (Å²) in [6.07, 6.45) is 6.42. The van der Waals surface area contributed by atoms with E-state index in [-0.39, 0.29) is 11.5 Å². The summed E-state index contributed by atoms with van der Waals surface area (Å²) in [5, 5.41) is 0. The van der Waals surface area contributed by atoms with Crippen LogP contribution in [0, 0.1) is 0 Å². The van der Waals surface area contributed by atoms with Crippen LogP contribution in [0.5, 0.6) is 0 Å². The molecule has 0 spiro atoms. The first-order chi connectivity index (χ1) is 12.2. The predicted octanol–water partition coefficient (Wildman–Crippen LogP) is 3.20. The van der Waals surface area contributed by atoms with Crippen LogP contribution in [0.25, 0.3) is 0 Å². The van der Waals surface area contributed by atoms with Gasteiger partial charge >= 0.3 is 0 Å².